The van der Waals surface area contributed by atoms with Crippen LogP contribution in [0.4, 0.5) is 17.6 Å². The zero-order chi connectivity index (χ0) is 26.2. The van der Waals surface area contributed by atoms with Crippen molar-refractivity contribution in [1.29, 1.82) is 0 Å². The Balaban J connectivity index is 1.69. The molecule has 2 atom stereocenters. The van der Waals surface area contributed by atoms with Gasteiger partial charge in [0.15, 0.2) is 0 Å². The molecule has 0 spiro atoms. The summed E-state index contributed by atoms with van der Waals surface area (Å²) in [7, 11) is 0. The highest BCUT2D eigenvalue weighted by Gasteiger charge is 2.40. The van der Waals surface area contributed by atoms with Gasteiger partial charge in [-0.2, -0.15) is 18.3 Å². The summed E-state index contributed by atoms with van der Waals surface area (Å²) < 4.78 is 60.0. The molecule has 0 radical (unpaired) electrons. The van der Waals surface area contributed by atoms with Crippen LogP contribution in [-0.4, -0.2) is 27.9 Å². The highest BCUT2D eigenvalue weighted by Crippen LogP contribution is 2.32. The molecule has 2 unspecified atom stereocenters. The third-order valence-electron chi connectivity index (χ3n) is 6.13. The van der Waals surface area contributed by atoms with Crippen LogP contribution in [0.15, 0.2) is 60.8 Å². The summed E-state index contributed by atoms with van der Waals surface area (Å²) in [6.07, 6.45) is -4.28. The van der Waals surface area contributed by atoms with Crippen molar-refractivity contribution < 1.29 is 27.1 Å². The zero-order valence-electron chi connectivity index (χ0n) is 20.2. The van der Waals surface area contributed by atoms with Crippen LogP contribution in [0, 0.1) is 26.6 Å². The van der Waals surface area contributed by atoms with E-state index in [2.05, 4.69) is 5.10 Å². The van der Waals surface area contributed by atoms with E-state index < -0.39 is 24.2 Å². The van der Waals surface area contributed by atoms with Crippen molar-refractivity contribution in [3.8, 4) is 11.4 Å². The predicted octanol–water partition coefficient (Wildman–Crippen LogP) is 6.28. The topological polar surface area (TPSA) is 56.1 Å². The van der Waals surface area contributed by atoms with E-state index in [4.69, 9.17) is 4.74 Å². The fourth-order valence-corrected chi connectivity index (χ4v) is 4.11. The summed E-state index contributed by atoms with van der Waals surface area (Å²) in [5.74, 6) is -1.98. The Kier molecular flexibility index (Phi) is 6.75. The number of hydrogen-bond acceptors (Lipinski definition) is 3. The number of alkyl halides is 3. The second kappa shape index (κ2) is 9.64. The number of aromatic nitrogens is 2. The summed E-state index contributed by atoms with van der Waals surface area (Å²) in [6, 6.07) is 13.9. The Hall–Kier alpha value is -3.88. The fourth-order valence-electron chi connectivity index (χ4n) is 4.11. The van der Waals surface area contributed by atoms with Gasteiger partial charge in [-0.3, -0.25) is 4.79 Å². The first kappa shape index (κ1) is 25.2. The molecule has 0 aliphatic heterocycles. The second-order valence-corrected chi connectivity index (χ2v) is 8.84. The van der Waals surface area contributed by atoms with Crippen LogP contribution >= 0.6 is 0 Å². The van der Waals surface area contributed by atoms with Crippen molar-refractivity contribution in [3.63, 3.8) is 0 Å². The number of halogens is 4. The Morgan fingerprint density at radius 1 is 0.972 bits per heavy atom. The molecule has 1 N–H and O–H groups in total. The van der Waals surface area contributed by atoms with E-state index in [0.717, 1.165) is 27.6 Å². The van der Waals surface area contributed by atoms with Gasteiger partial charge < -0.3 is 10.1 Å². The summed E-state index contributed by atoms with van der Waals surface area (Å²) >= 11 is 0. The largest absolute Gasteiger partial charge is 0.484 e. The van der Waals surface area contributed by atoms with E-state index in [9.17, 15) is 22.4 Å². The van der Waals surface area contributed by atoms with Crippen LogP contribution < -0.4 is 10.1 Å². The van der Waals surface area contributed by atoms with Crippen molar-refractivity contribution >= 4 is 16.8 Å². The molecule has 1 aromatic heterocycles. The first-order valence-corrected chi connectivity index (χ1v) is 11.3. The van der Waals surface area contributed by atoms with Gasteiger partial charge in [-0.05, 0) is 92.4 Å². The van der Waals surface area contributed by atoms with E-state index in [-0.39, 0.29) is 5.82 Å². The van der Waals surface area contributed by atoms with E-state index in [1.54, 1.807) is 41.2 Å². The number of benzene rings is 3. The molecule has 0 bridgehead atoms. The predicted molar refractivity (Wildman–Crippen MR) is 129 cm³/mol. The van der Waals surface area contributed by atoms with Crippen molar-refractivity contribution in [1.82, 2.24) is 15.1 Å². The third-order valence-corrected chi connectivity index (χ3v) is 6.13. The van der Waals surface area contributed by atoms with Gasteiger partial charge in [0.05, 0.1) is 23.4 Å². The number of hydrogen-bond donors (Lipinski definition) is 1. The number of nitrogens with zero attached hydrogens (tertiary/aromatic N) is 2. The summed E-state index contributed by atoms with van der Waals surface area (Å²) in [5.41, 5.74) is 4.92. The SMILES string of the molecule is Cc1cc(C)c(C(Oc2ccc3c(cnn3-c3ccc(F)cc3)c2)C(C)NC(=O)C(F)(F)F)cc1C. The molecule has 36 heavy (non-hydrogen) atoms. The van der Waals surface area contributed by atoms with E-state index in [1.165, 1.54) is 19.1 Å². The maximum absolute atomic E-state index is 13.3. The molecule has 188 valence electrons. The molecule has 9 heteroatoms. The van der Waals surface area contributed by atoms with Gasteiger partial charge in [0, 0.05) is 5.39 Å². The van der Waals surface area contributed by atoms with Crippen LogP contribution in [0.2, 0.25) is 0 Å². The van der Waals surface area contributed by atoms with Crippen molar-refractivity contribution in [2.45, 2.75) is 46.0 Å². The summed E-state index contributed by atoms with van der Waals surface area (Å²) in [4.78, 5) is 11.7. The minimum absolute atomic E-state index is 0.356. The van der Waals surface area contributed by atoms with Crippen LogP contribution in [0.25, 0.3) is 16.6 Å². The van der Waals surface area contributed by atoms with Crippen molar-refractivity contribution in [2.75, 3.05) is 0 Å². The Bertz CT molecular complexity index is 1410. The molecular weight excluding hydrogens is 474 g/mol. The number of carbonyl (C=O) groups excluding carboxylic acids is 1. The second-order valence-electron chi connectivity index (χ2n) is 8.84. The molecular formula is C27H25F4N3O2. The average molecular weight is 500 g/mol. The number of nitrogens with one attached hydrogen (secondary N) is 1. The maximum Gasteiger partial charge on any atom is 0.471 e. The smallest absolute Gasteiger partial charge is 0.471 e. The van der Waals surface area contributed by atoms with Gasteiger partial charge in [-0.25, -0.2) is 9.07 Å². The van der Waals surface area contributed by atoms with Crippen LogP contribution in [0.5, 0.6) is 5.75 Å². The molecule has 0 saturated heterocycles. The summed E-state index contributed by atoms with van der Waals surface area (Å²) in [6.45, 7) is 7.19. The number of fused-ring (bicyclic) bond motifs is 1. The molecule has 4 aromatic rings. The number of carbonyl (C=O) groups is 1. The number of aryl methyl sites for hydroxylation is 3. The molecule has 1 amide bonds. The molecule has 0 aliphatic rings. The maximum atomic E-state index is 13.3. The highest BCUT2D eigenvalue weighted by molar-refractivity contribution is 5.82. The molecule has 0 saturated carbocycles. The minimum Gasteiger partial charge on any atom is -0.484 e. The normalized spacial score (nSPS) is 13.4. The van der Waals surface area contributed by atoms with E-state index in [1.807, 2.05) is 38.2 Å². The lowest BCUT2D eigenvalue weighted by Gasteiger charge is -2.28. The van der Waals surface area contributed by atoms with Gasteiger partial charge in [0.1, 0.15) is 17.7 Å². The van der Waals surface area contributed by atoms with Crippen molar-refractivity contribution in [3.05, 3.63) is 88.9 Å². The quantitative estimate of drug-likeness (QED) is 0.318. The highest BCUT2D eigenvalue weighted by atomic mass is 19.4. The molecule has 1 heterocycles. The van der Waals surface area contributed by atoms with Crippen molar-refractivity contribution in [2.24, 2.45) is 0 Å². The Labute approximate surface area is 205 Å². The van der Waals surface area contributed by atoms with E-state index in [0.29, 0.717) is 17.0 Å². The number of ether oxygens (including phenoxy) is 1. The van der Waals surface area contributed by atoms with Crippen LogP contribution in [0.3, 0.4) is 0 Å². The lowest BCUT2D eigenvalue weighted by atomic mass is 9.94. The number of rotatable bonds is 6. The standard InChI is InChI=1S/C27H25F4N3O2/c1-15-11-17(3)23(12-16(15)2)25(18(4)33-26(35)27(29,30)31)36-22-9-10-24-19(13-22)14-32-34(24)21-7-5-20(28)6-8-21/h5-14,18,25H,1-4H3,(H,33,35). The van der Waals surface area contributed by atoms with E-state index >= 15 is 0 Å². The molecule has 5 nitrogen and oxygen atoms in total. The van der Waals surface area contributed by atoms with Crippen LogP contribution in [0.1, 0.15) is 35.3 Å². The molecule has 0 fully saturated rings. The first-order valence-electron chi connectivity index (χ1n) is 11.3. The Morgan fingerprint density at radius 2 is 1.64 bits per heavy atom. The van der Waals surface area contributed by atoms with Gasteiger partial charge in [-0.15, -0.1) is 0 Å². The van der Waals surface area contributed by atoms with Gasteiger partial charge in [0.25, 0.3) is 0 Å². The molecule has 0 aliphatic carbocycles. The van der Waals surface area contributed by atoms with Gasteiger partial charge in [-0.1, -0.05) is 12.1 Å². The van der Waals surface area contributed by atoms with Crippen LogP contribution in [-0.2, 0) is 4.79 Å². The number of amides is 1. The Morgan fingerprint density at radius 3 is 2.31 bits per heavy atom. The average Bonchev–Trinajstić information content (AvgIpc) is 3.23. The minimum atomic E-state index is -5.01. The first-order chi connectivity index (χ1) is 16.9. The zero-order valence-corrected chi connectivity index (χ0v) is 20.2. The lowest BCUT2D eigenvalue weighted by molar-refractivity contribution is -0.174. The third kappa shape index (κ3) is 5.19. The summed E-state index contributed by atoms with van der Waals surface area (Å²) in [5, 5.41) is 7.12. The monoisotopic (exact) mass is 499 g/mol. The molecule has 3 aromatic carbocycles. The van der Waals surface area contributed by atoms with Gasteiger partial charge in [0.2, 0.25) is 0 Å². The van der Waals surface area contributed by atoms with Gasteiger partial charge >= 0.3 is 12.1 Å². The fraction of sp³-hybridized carbons (Fsp3) is 0.259. The molecule has 4 rings (SSSR count). The lowest BCUT2D eigenvalue weighted by Crippen LogP contribution is -2.45.